The molecule has 560 valence electrons. The summed E-state index contributed by atoms with van der Waals surface area (Å²) in [6, 6.07) is 149. The van der Waals surface area contributed by atoms with Gasteiger partial charge in [0, 0.05) is 121 Å². The van der Waals surface area contributed by atoms with E-state index in [-0.39, 0.29) is 0 Å². The molecular formula is C110H70N10. The number of nitrogens with zero attached hydrogens (tertiary/aromatic N) is 10. The van der Waals surface area contributed by atoms with Gasteiger partial charge in [-0.25, -0.2) is 29.9 Å². The Morgan fingerprint density at radius 3 is 0.817 bits per heavy atom. The van der Waals surface area contributed by atoms with Crippen molar-refractivity contribution in [3.63, 3.8) is 0 Å². The summed E-state index contributed by atoms with van der Waals surface area (Å²) < 4.78 is 9.45. The van der Waals surface area contributed by atoms with E-state index in [1.54, 1.807) is 0 Å². The second-order valence-corrected chi connectivity index (χ2v) is 30.4. The lowest BCUT2D eigenvalue weighted by molar-refractivity contribution is 1.16. The molecule has 10 heteroatoms. The maximum absolute atomic E-state index is 5.36. The lowest BCUT2D eigenvalue weighted by Crippen LogP contribution is -1.98. The van der Waals surface area contributed by atoms with Gasteiger partial charge in [0.15, 0.2) is 11.6 Å². The molecule has 0 aliphatic rings. The lowest BCUT2D eigenvalue weighted by atomic mass is 10.0. The average Bonchev–Trinajstić information content (AvgIpc) is 1.55. The van der Waals surface area contributed by atoms with E-state index in [1.807, 2.05) is 12.1 Å². The Kier molecular flexibility index (Phi) is 16.7. The number of benzene rings is 16. The molecular weight excluding hydrogens is 1460 g/mol. The van der Waals surface area contributed by atoms with Gasteiger partial charge in [0.25, 0.3) is 0 Å². The van der Waals surface area contributed by atoms with E-state index >= 15 is 0 Å². The Balaban J connectivity index is 0.000000140. The summed E-state index contributed by atoms with van der Waals surface area (Å²) >= 11 is 0. The van der Waals surface area contributed by atoms with Gasteiger partial charge in [-0.3, -0.25) is 0 Å². The first kappa shape index (κ1) is 69.2. The molecule has 0 saturated heterocycles. The van der Waals surface area contributed by atoms with Crippen LogP contribution in [0.2, 0.25) is 0 Å². The van der Waals surface area contributed by atoms with Crippen molar-refractivity contribution < 1.29 is 0 Å². The molecule has 8 aromatic heterocycles. The highest BCUT2D eigenvalue weighted by Gasteiger charge is 2.25. The van der Waals surface area contributed by atoms with Crippen molar-refractivity contribution in [2.24, 2.45) is 0 Å². The quantitative estimate of drug-likeness (QED) is 0.121. The van der Waals surface area contributed by atoms with Gasteiger partial charge in [0.2, 0.25) is 0 Å². The predicted octanol–water partition coefficient (Wildman–Crippen LogP) is 27.8. The van der Waals surface area contributed by atoms with Crippen LogP contribution in [0.25, 0.3) is 222 Å². The molecule has 16 aromatic carbocycles. The Bertz CT molecular complexity index is 8010. The highest BCUT2D eigenvalue weighted by Crippen LogP contribution is 2.46. The van der Waals surface area contributed by atoms with Crippen LogP contribution in [0.15, 0.2) is 425 Å². The molecule has 0 amide bonds. The zero-order chi connectivity index (χ0) is 79.1. The van der Waals surface area contributed by atoms with Crippen LogP contribution >= 0.6 is 0 Å². The number of hydrogen-bond donors (Lipinski definition) is 0. The van der Waals surface area contributed by atoms with E-state index in [0.29, 0.717) is 11.6 Å². The summed E-state index contributed by atoms with van der Waals surface area (Å²) in [4.78, 5) is 31.6. The first-order valence-corrected chi connectivity index (χ1v) is 40.6. The van der Waals surface area contributed by atoms with Gasteiger partial charge in [-0.05, 0) is 109 Å². The monoisotopic (exact) mass is 1530 g/mol. The molecule has 0 N–H and O–H groups in total. The van der Waals surface area contributed by atoms with Gasteiger partial charge in [-0.15, -0.1) is 0 Å². The zero-order valence-corrected chi connectivity index (χ0v) is 64.9. The molecule has 0 atom stereocenters. The Labute approximate surface area is 690 Å². The van der Waals surface area contributed by atoms with Gasteiger partial charge in [-0.2, -0.15) is 0 Å². The van der Waals surface area contributed by atoms with Crippen LogP contribution in [0.5, 0.6) is 0 Å². The topological polar surface area (TPSA) is 97.1 Å². The predicted molar refractivity (Wildman–Crippen MR) is 496 cm³/mol. The van der Waals surface area contributed by atoms with Crippen molar-refractivity contribution in [1.82, 2.24) is 48.2 Å². The Morgan fingerprint density at radius 2 is 0.425 bits per heavy atom. The number of hydrogen-bond acceptors (Lipinski definition) is 6. The standard InChI is InChI=1S/2C55H35N5/c1-3-16-36(17-4-1)47-35-48(39-18-15-21-41(34-39)59-49-27-12-8-22-42(49)43-23-9-13-28-50(43)59)58-55(57-47)38-32-30-37(31-33-38)53-52-45-25-10-14-29-51(45)60(40-19-5-2-6-20-40)54(52)44-24-7-11-26-46(44)56-53;1-3-15-36(16-4-1)47-35-48(37-31-33-41(34-32-37)59-49-24-12-8-19-42(49)43-20-9-13-25-50(43)59)58-55(57-47)39-29-27-38(28-30-39)53-52-45-22-10-14-26-51(45)60(40-17-5-2-6-18-40)54(52)44-21-7-11-23-46(44)56-53/h2*1-35H. The zero-order valence-electron chi connectivity index (χ0n) is 64.9. The van der Waals surface area contributed by atoms with Crippen LogP contribution in [0.3, 0.4) is 0 Å². The fourth-order valence-corrected chi connectivity index (χ4v) is 18.0. The summed E-state index contributed by atoms with van der Waals surface area (Å²) in [7, 11) is 0. The van der Waals surface area contributed by atoms with E-state index in [9.17, 15) is 0 Å². The highest BCUT2D eigenvalue weighted by molar-refractivity contribution is 6.24. The third-order valence-electron chi connectivity index (χ3n) is 23.4. The van der Waals surface area contributed by atoms with Crippen LogP contribution in [0, 0.1) is 0 Å². The maximum Gasteiger partial charge on any atom is 0.160 e. The van der Waals surface area contributed by atoms with Gasteiger partial charge >= 0.3 is 0 Å². The fourth-order valence-electron chi connectivity index (χ4n) is 18.0. The molecule has 0 radical (unpaired) electrons. The van der Waals surface area contributed by atoms with Gasteiger partial charge in [0.1, 0.15) is 0 Å². The van der Waals surface area contributed by atoms with Crippen molar-refractivity contribution in [2.45, 2.75) is 0 Å². The van der Waals surface area contributed by atoms with Crippen molar-refractivity contribution in [3.8, 4) is 113 Å². The number of fused-ring (bicyclic) bond motifs is 16. The lowest BCUT2D eigenvalue weighted by Gasteiger charge is -2.13. The minimum atomic E-state index is 0.664. The molecule has 8 heterocycles. The second kappa shape index (κ2) is 28.9. The van der Waals surface area contributed by atoms with E-state index in [2.05, 4.69) is 431 Å². The molecule has 0 saturated carbocycles. The molecule has 0 spiro atoms. The van der Waals surface area contributed by atoms with Crippen LogP contribution < -0.4 is 0 Å². The number of rotatable bonds is 12. The summed E-state index contributed by atoms with van der Waals surface area (Å²) in [5.41, 5.74) is 29.1. The second-order valence-electron chi connectivity index (χ2n) is 30.4. The number of para-hydroxylation sites is 10. The molecule has 0 unspecified atom stereocenters. The minimum absolute atomic E-state index is 0.664. The largest absolute Gasteiger partial charge is 0.309 e. The molecule has 0 bridgehead atoms. The highest BCUT2D eigenvalue weighted by atomic mass is 15.0. The first-order chi connectivity index (χ1) is 59.5. The van der Waals surface area contributed by atoms with Crippen molar-refractivity contribution in [3.05, 3.63) is 425 Å². The average molecular weight is 1530 g/mol. The maximum atomic E-state index is 5.36. The Morgan fingerprint density at radius 1 is 0.158 bits per heavy atom. The molecule has 0 aliphatic carbocycles. The van der Waals surface area contributed by atoms with Crippen LogP contribution in [-0.2, 0) is 0 Å². The van der Waals surface area contributed by atoms with E-state index in [0.717, 1.165) is 156 Å². The SMILES string of the molecule is c1ccc(-c2cc(-c3ccc(-n4c5ccccc5c5ccccc54)cc3)nc(-c3ccc(-c4nc5ccccc5c5c4c4ccccc4n5-c4ccccc4)cc3)n2)cc1.c1ccc(-c2cc(-c3cccc(-n4c5ccccc5c5ccccc54)c3)nc(-c3ccc(-c4nc5ccccc5c5c4c4ccccc4n5-c4ccccc4)cc3)n2)cc1. The van der Waals surface area contributed by atoms with Crippen molar-refractivity contribution >= 4 is 109 Å². The summed E-state index contributed by atoms with van der Waals surface area (Å²) in [6.45, 7) is 0. The van der Waals surface area contributed by atoms with E-state index in [4.69, 9.17) is 29.9 Å². The van der Waals surface area contributed by atoms with Crippen LogP contribution in [0.1, 0.15) is 0 Å². The molecule has 0 fully saturated rings. The first-order valence-electron chi connectivity index (χ1n) is 40.6. The third kappa shape index (κ3) is 11.8. The van der Waals surface area contributed by atoms with Gasteiger partial charge in [-0.1, -0.05) is 315 Å². The smallest absolute Gasteiger partial charge is 0.160 e. The van der Waals surface area contributed by atoms with Crippen molar-refractivity contribution in [2.75, 3.05) is 0 Å². The third-order valence-corrected chi connectivity index (χ3v) is 23.4. The Hall–Kier alpha value is -16.3. The summed E-state index contributed by atoms with van der Waals surface area (Å²) in [5, 5.41) is 11.8. The number of aromatic nitrogens is 10. The fraction of sp³-hybridized carbons (Fsp3) is 0. The number of pyridine rings is 2. The van der Waals surface area contributed by atoms with E-state index < -0.39 is 0 Å². The molecule has 120 heavy (non-hydrogen) atoms. The molecule has 10 nitrogen and oxygen atoms in total. The summed E-state index contributed by atoms with van der Waals surface area (Å²) in [5.74, 6) is 1.33. The van der Waals surface area contributed by atoms with Gasteiger partial charge < -0.3 is 18.3 Å². The van der Waals surface area contributed by atoms with Gasteiger partial charge in [0.05, 0.1) is 89.3 Å². The minimum Gasteiger partial charge on any atom is -0.309 e. The normalized spacial score (nSPS) is 11.7. The summed E-state index contributed by atoms with van der Waals surface area (Å²) in [6.07, 6.45) is 0. The molecule has 24 rings (SSSR count). The van der Waals surface area contributed by atoms with Crippen molar-refractivity contribution in [1.29, 1.82) is 0 Å². The van der Waals surface area contributed by atoms with E-state index in [1.165, 1.54) is 54.4 Å². The van der Waals surface area contributed by atoms with Crippen LogP contribution in [-0.4, -0.2) is 48.2 Å². The molecule has 0 aliphatic heterocycles. The van der Waals surface area contributed by atoms with Crippen LogP contribution in [0.4, 0.5) is 0 Å². The molecule has 24 aromatic rings.